The van der Waals surface area contributed by atoms with Crippen LogP contribution in [0.2, 0.25) is 0 Å². The van der Waals surface area contributed by atoms with E-state index in [0.29, 0.717) is 5.16 Å². The summed E-state index contributed by atoms with van der Waals surface area (Å²) in [5.74, 6) is 0.198. The van der Waals surface area contributed by atoms with Crippen molar-refractivity contribution in [3.05, 3.63) is 66.2 Å². The van der Waals surface area contributed by atoms with Gasteiger partial charge in [-0.2, -0.15) is 4.68 Å². The number of hydrogen-bond acceptors (Lipinski definition) is 5. The Kier molecular flexibility index (Phi) is 5.22. The molecule has 122 valence electrons. The zero-order chi connectivity index (χ0) is 16.8. The van der Waals surface area contributed by atoms with Crippen molar-refractivity contribution in [1.29, 1.82) is 0 Å². The number of tetrazole rings is 1. The van der Waals surface area contributed by atoms with Crippen LogP contribution in [0.3, 0.4) is 0 Å². The smallest absolute Gasteiger partial charge is 0.230 e. The summed E-state index contributed by atoms with van der Waals surface area (Å²) in [7, 11) is 0. The Morgan fingerprint density at radius 1 is 1.12 bits per heavy atom. The topological polar surface area (TPSA) is 72.7 Å². The van der Waals surface area contributed by atoms with Crippen LogP contribution >= 0.6 is 11.8 Å². The molecule has 1 atom stereocenters. The number of amides is 1. The van der Waals surface area contributed by atoms with Crippen LogP contribution in [0, 0.1) is 0 Å². The van der Waals surface area contributed by atoms with E-state index in [9.17, 15) is 4.79 Å². The van der Waals surface area contributed by atoms with E-state index in [2.05, 4.69) is 20.8 Å². The van der Waals surface area contributed by atoms with Gasteiger partial charge in [-0.25, -0.2) is 0 Å². The van der Waals surface area contributed by atoms with Gasteiger partial charge in [0.25, 0.3) is 0 Å². The number of benzene rings is 2. The molecule has 0 saturated carbocycles. The van der Waals surface area contributed by atoms with Gasteiger partial charge in [-0.1, -0.05) is 60.3 Å². The third-order valence-electron chi connectivity index (χ3n) is 3.45. The number of aromatic nitrogens is 4. The fourth-order valence-electron chi connectivity index (χ4n) is 2.24. The van der Waals surface area contributed by atoms with Crippen molar-refractivity contribution in [2.24, 2.45) is 0 Å². The van der Waals surface area contributed by atoms with Gasteiger partial charge in [0.1, 0.15) is 0 Å². The van der Waals surface area contributed by atoms with Crippen LogP contribution < -0.4 is 5.32 Å². The van der Waals surface area contributed by atoms with Crippen LogP contribution in [-0.4, -0.2) is 31.9 Å². The second-order valence-electron chi connectivity index (χ2n) is 5.20. The maximum atomic E-state index is 12.2. The third-order valence-corrected chi connectivity index (χ3v) is 4.37. The molecule has 0 saturated heterocycles. The SMILES string of the molecule is CC(NC(=O)CSc1nnnn1-c1ccccc1)c1ccccc1. The van der Waals surface area contributed by atoms with E-state index < -0.39 is 0 Å². The molecule has 1 N–H and O–H groups in total. The van der Waals surface area contributed by atoms with Gasteiger partial charge in [-0.3, -0.25) is 4.79 Å². The number of hydrogen-bond donors (Lipinski definition) is 1. The average Bonchev–Trinajstić information content (AvgIpc) is 3.10. The van der Waals surface area contributed by atoms with Crippen LogP contribution in [0.25, 0.3) is 5.69 Å². The zero-order valence-corrected chi connectivity index (χ0v) is 14.0. The first kappa shape index (κ1) is 16.2. The molecule has 6 nitrogen and oxygen atoms in total. The van der Waals surface area contributed by atoms with Crippen molar-refractivity contribution >= 4 is 17.7 Å². The quantitative estimate of drug-likeness (QED) is 0.699. The van der Waals surface area contributed by atoms with Crippen LogP contribution in [0.5, 0.6) is 0 Å². The minimum atomic E-state index is -0.0565. The van der Waals surface area contributed by atoms with Crippen LogP contribution in [0.4, 0.5) is 0 Å². The van der Waals surface area contributed by atoms with Crippen molar-refractivity contribution in [3.8, 4) is 5.69 Å². The first-order chi connectivity index (χ1) is 11.7. The highest BCUT2D eigenvalue weighted by Gasteiger charge is 2.13. The van der Waals surface area contributed by atoms with Crippen LogP contribution in [-0.2, 0) is 4.79 Å². The Hall–Kier alpha value is -2.67. The maximum Gasteiger partial charge on any atom is 0.230 e. The standard InChI is InChI=1S/C17H17N5OS/c1-13(14-8-4-2-5-9-14)18-16(23)12-24-17-19-20-21-22(17)15-10-6-3-7-11-15/h2-11,13H,12H2,1H3,(H,18,23). The van der Waals surface area contributed by atoms with E-state index >= 15 is 0 Å². The number of thioether (sulfide) groups is 1. The lowest BCUT2D eigenvalue weighted by atomic mass is 10.1. The molecular formula is C17H17N5OS. The Balaban J connectivity index is 1.59. The van der Waals surface area contributed by atoms with Gasteiger partial charge in [0.05, 0.1) is 17.5 Å². The second-order valence-corrected chi connectivity index (χ2v) is 6.14. The summed E-state index contributed by atoms with van der Waals surface area (Å²) in [5, 5.41) is 15.2. The number of carbonyl (C=O) groups excluding carboxylic acids is 1. The molecule has 1 amide bonds. The van der Waals surface area contributed by atoms with Crippen molar-refractivity contribution in [3.63, 3.8) is 0 Å². The molecule has 0 bridgehead atoms. The summed E-state index contributed by atoms with van der Waals surface area (Å²) >= 11 is 1.31. The Bertz CT molecular complexity index is 791. The van der Waals surface area contributed by atoms with Gasteiger partial charge < -0.3 is 5.32 Å². The lowest BCUT2D eigenvalue weighted by Crippen LogP contribution is -2.28. The molecule has 0 spiro atoms. The molecule has 24 heavy (non-hydrogen) atoms. The number of para-hydroxylation sites is 1. The molecule has 2 aromatic carbocycles. The van der Waals surface area contributed by atoms with Gasteiger partial charge in [-0.05, 0) is 35.0 Å². The lowest BCUT2D eigenvalue weighted by molar-refractivity contribution is -0.119. The number of rotatable bonds is 6. The van der Waals surface area contributed by atoms with Gasteiger partial charge in [0, 0.05) is 0 Å². The fraction of sp³-hybridized carbons (Fsp3) is 0.176. The summed E-state index contributed by atoms with van der Waals surface area (Å²) in [5.41, 5.74) is 1.94. The normalized spacial score (nSPS) is 11.9. The molecule has 0 aliphatic rings. The zero-order valence-electron chi connectivity index (χ0n) is 13.2. The molecule has 0 fully saturated rings. The van der Waals surface area contributed by atoms with E-state index in [4.69, 9.17) is 0 Å². The highest BCUT2D eigenvalue weighted by molar-refractivity contribution is 7.99. The summed E-state index contributed by atoms with van der Waals surface area (Å²) in [6.45, 7) is 1.96. The minimum Gasteiger partial charge on any atom is -0.349 e. The predicted molar refractivity (Wildman–Crippen MR) is 92.9 cm³/mol. The van der Waals surface area contributed by atoms with Crippen LogP contribution in [0.15, 0.2) is 65.8 Å². The van der Waals surface area contributed by atoms with Gasteiger partial charge >= 0.3 is 0 Å². The molecule has 0 aliphatic carbocycles. The predicted octanol–water partition coefficient (Wildman–Crippen LogP) is 2.63. The van der Waals surface area contributed by atoms with E-state index in [1.807, 2.05) is 67.6 Å². The van der Waals surface area contributed by atoms with E-state index in [-0.39, 0.29) is 17.7 Å². The molecule has 1 heterocycles. The maximum absolute atomic E-state index is 12.2. The molecule has 0 radical (unpaired) electrons. The molecule has 7 heteroatoms. The van der Waals surface area contributed by atoms with Gasteiger partial charge in [-0.15, -0.1) is 5.10 Å². The second kappa shape index (κ2) is 7.74. The Morgan fingerprint density at radius 2 is 1.79 bits per heavy atom. The van der Waals surface area contributed by atoms with Gasteiger partial charge in [0.2, 0.25) is 11.1 Å². The van der Waals surface area contributed by atoms with Crippen LogP contribution in [0.1, 0.15) is 18.5 Å². The summed E-state index contributed by atoms with van der Waals surface area (Å²) < 4.78 is 1.62. The third kappa shape index (κ3) is 3.99. The Labute approximate surface area is 144 Å². The van der Waals surface area contributed by atoms with E-state index in [1.165, 1.54) is 11.8 Å². The molecular weight excluding hydrogens is 322 g/mol. The highest BCUT2D eigenvalue weighted by Crippen LogP contribution is 2.18. The molecule has 1 aromatic heterocycles. The van der Waals surface area contributed by atoms with E-state index in [0.717, 1.165) is 11.3 Å². The monoisotopic (exact) mass is 339 g/mol. The summed E-state index contributed by atoms with van der Waals surface area (Å²) in [4.78, 5) is 12.2. The summed E-state index contributed by atoms with van der Waals surface area (Å²) in [6, 6.07) is 19.4. The minimum absolute atomic E-state index is 0.0376. The molecule has 3 aromatic rings. The average molecular weight is 339 g/mol. The molecule has 3 rings (SSSR count). The fourth-order valence-corrected chi connectivity index (χ4v) is 2.94. The Morgan fingerprint density at radius 3 is 2.50 bits per heavy atom. The first-order valence-electron chi connectivity index (χ1n) is 7.55. The van der Waals surface area contributed by atoms with E-state index in [1.54, 1.807) is 4.68 Å². The molecule has 1 unspecified atom stereocenters. The number of nitrogens with one attached hydrogen (secondary N) is 1. The summed E-state index contributed by atoms with van der Waals surface area (Å²) in [6.07, 6.45) is 0. The van der Waals surface area contributed by atoms with Crippen molar-refractivity contribution in [2.75, 3.05) is 5.75 Å². The highest BCUT2D eigenvalue weighted by atomic mass is 32.2. The molecule has 0 aliphatic heterocycles. The van der Waals surface area contributed by atoms with Gasteiger partial charge in [0.15, 0.2) is 0 Å². The first-order valence-corrected chi connectivity index (χ1v) is 8.53. The number of nitrogens with zero attached hydrogens (tertiary/aromatic N) is 4. The number of carbonyl (C=O) groups is 1. The van der Waals surface area contributed by atoms with Crippen molar-refractivity contribution in [2.45, 2.75) is 18.1 Å². The lowest BCUT2D eigenvalue weighted by Gasteiger charge is -2.13. The van der Waals surface area contributed by atoms with Crippen molar-refractivity contribution < 1.29 is 4.79 Å². The largest absolute Gasteiger partial charge is 0.349 e. The van der Waals surface area contributed by atoms with Crippen molar-refractivity contribution in [1.82, 2.24) is 25.5 Å².